The van der Waals surface area contributed by atoms with Crippen LogP contribution in [0.5, 0.6) is 0 Å². The number of hydrogen-bond donors (Lipinski definition) is 1. The van der Waals surface area contributed by atoms with Crippen LogP contribution in [-0.2, 0) is 24.2 Å². The van der Waals surface area contributed by atoms with Crippen molar-refractivity contribution in [3.63, 3.8) is 0 Å². The molecule has 0 aliphatic heterocycles. The van der Waals surface area contributed by atoms with Gasteiger partial charge in [-0.05, 0) is 38.7 Å². The van der Waals surface area contributed by atoms with Gasteiger partial charge in [0.05, 0.1) is 11.7 Å². The molecule has 3 rings (SSSR count). The van der Waals surface area contributed by atoms with E-state index in [0.29, 0.717) is 5.82 Å². The number of nitrogens with zero attached hydrogens (tertiary/aromatic N) is 2. The number of benzene rings is 1. The van der Waals surface area contributed by atoms with Crippen LogP contribution in [0.2, 0.25) is 0 Å². The minimum atomic E-state index is -0.175. The molecule has 5 nitrogen and oxygen atoms in total. The fraction of sp³-hybridized carbons (Fsp3) is 0.389. The van der Waals surface area contributed by atoms with Crippen LogP contribution in [0.1, 0.15) is 42.0 Å². The molecule has 0 unspecified atom stereocenters. The summed E-state index contributed by atoms with van der Waals surface area (Å²) in [5, 5.41) is 2.94. The number of carbonyl (C=O) groups excluding carboxylic acids is 1. The van der Waals surface area contributed by atoms with E-state index in [1.165, 1.54) is 4.57 Å². The molecular weight excluding hydrogens is 290 g/mol. The van der Waals surface area contributed by atoms with Crippen LogP contribution in [0.25, 0.3) is 0 Å². The first-order chi connectivity index (χ1) is 11.1. The van der Waals surface area contributed by atoms with E-state index in [1.807, 2.05) is 37.3 Å². The average Bonchev–Trinajstić information content (AvgIpc) is 3.00. The van der Waals surface area contributed by atoms with Gasteiger partial charge in [-0.1, -0.05) is 30.3 Å². The molecule has 0 saturated carbocycles. The predicted octanol–water partition coefficient (Wildman–Crippen LogP) is 1.92. The predicted molar refractivity (Wildman–Crippen MR) is 88.3 cm³/mol. The Morgan fingerprint density at radius 3 is 2.78 bits per heavy atom. The Labute approximate surface area is 135 Å². The van der Waals surface area contributed by atoms with Gasteiger partial charge in [0.25, 0.3) is 5.56 Å². The maximum Gasteiger partial charge on any atom is 0.257 e. The van der Waals surface area contributed by atoms with E-state index in [0.717, 1.165) is 36.1 Å². The molecule has 1 aromatic carbocycles. The van der Waals surface area contributed by atoms with Crippen molar-refractivity contribution in [2.75, 3.05) is 0 Å². The summed E-state index contributed by atoms with van der Waals surface area (Å²) in [7, 11) is 0. The lowest BCUT2D eigenvalue weighted by atomic mass is 10.1. The zero-order valence-corrected chi connectivity index (χ0v) is 13.5. The summed E-state index contributed by atoms with van der Waals surface area (Å²) in [5.74, 6) is 0.435. The molecule has 0 fully saturated rings. The lowest BCUT2D eigenvalue weighted by Crippen LogP contribution is -2.36. The highest BCUT2D eigenvalue weighted by Crippen LogP contribution is 2.16. The smallest absolute Gasteiger partial charge is 0.257 e. The quantitative estimate of drug-likeness (QED) is 0.938. The minimum Gasteiger partial charge on any atom is -0.348 e. The van der Waals surface area contributed by atoms with Crippen molar-refractivity contribution in [1.82, 2.24) is 14.9 Å². The van der Waals surface area contributed by atoms with Crippen molar-refractivity contribution in [2.24, 2.45) is 0 Å². The first-order valence-corrected chi connectivity index (χ1v) is 7.99. The Morgan fingerprint density at radius 2 is 2.04 bits per heavy atom. The van der Waals surface area contributed by atoms with E-state index < -0.39 is 0 Å². The number of amides is 1. The molecule has 0 bridgehead atoms. The van der Waals surface area contributed by atoms with Crippen LogP contribution in [-0.4, -0.2) is 15.5 Å². The van der Waals surface area contributed by atoms with Crippen molar-refractivity contribution in [2.45, 2.75) is 45.7 Å². The summed E-state index contributed by atoms with van der Waals surface area (Å²) < 4.78 is 1.48. The molecule has 0 spiro atoms. The van der Waals surface area contributed by atoms with Crippen molar-refractivity contribution >= 4 is 5.91 Å². The van der Waals surface area contributed by atoms with E-state index in [1.54, 1.807) is 6.92 Å². The maximum absolute atomic E-state index is 12.5. The molecule has 1 heterocycles. The van der Waals surface area contributed by atoms with Crippen LogP contribution >= 0.6 is 0 Å². The van der Waals surface area contributed by atoms with Gasteiger partial charge in [0.2, 0.25) is 5.91 Å². The zero-order chi connectivity index (χ0) is 16.4. The first kappa shape index (κ1) is 15.5. The molecule has 0 radical (unpaired) electrons. The molecular formula is C18H21N3O2. The second-order valence-corrected chi connectivity index (χ2v) is 6.03. The monoisotopic (exact) mass is 311 g/mol. The number of aryl methyl sites for hydroxylation is 2. The highest BCUT2D eigenvalue weighted by atomic mass is 16.2. The van der Waals surface area contributed by atoms with Crippen molar-refractivity contribution in [1.29, 1.82) is 0 Å². The lowest BCUT2D eigenvalue weighted by molar-refractivity contribution is -0.122. The SMILES string of the molecule is Cc1nc2c(c(=O)n1CC(=O)N[C@H](C)c1ccccc1)CCC2. The number of aromatic nitrogens is 2. The van der Waals surface area contributed by atoms with Gasteiger partial charge in [0.15, 0.2) is 0 Å². The number of carbonyl (C=O) groups is 1. The fourth-order valence-corrected chi connectivity index (χ4v) is 3.09. The third-order valence-corrected chi connectivity index (χ3v) is 4.36. The Hall–Kier alpha value is -2.43. The van der Waals surface area contributed by atoms with Crippen LogP contribution in [0, 0.1) is 6.92 Å². The molecule has 2 aromatic rings. The Balaban J connectivity index is 1.75. The third kappa shape index (κ3) is 3.18. The van der Waals surface area contributed by atoms with Crippen molar-refractivity contribution < 1.29 is 4.79 Å². The number of fused-ring (bicyclic) bond motifs is 1. The van der Waals surface area contributed by atoms with Crippen molar-refractivity contribution in [3.05, 3.63) is 63.3 Å². The third-order valence-electron chi connectivity index (χ3n) is 4.36. The zero-order valence-electron chi connectivity index (χ0n) is 13.5. The normalized spacial score (nSPS) is 14.3. The summed E-state index contributed by atoms with van der Waals surface area (Å²) in [6.45, 7) is 3.74. The van der Waals surface area contributed by atoms with Gasteiger partial charge in [0, 0.05) is 5.56 Å². The van der Waals surface area contributed by atoms with Gasteiger partial charge in [-0.25, -0.2) is 4.98 Å². The van der Waals surface area contributed by atoms with Gasteiger partial charge in [-0.15, -0.1) is 0 Å². The highest BCUT2D eigenvalue weighted by molar-refractivity contribution is 5.76. The minimum absolute atomic E-state index is 0.0160. The molecule has 1 aliphatic rings. The topological polar surface area (TPSA) is 64.0 Å². The summed E-state index contributed by atoms with van der Waals surface area (Å²) in [5.41, 5.74) is 2.66. The maximum atomic E-state index is 12.5. The molecule has 1 aromatic heterocycles. The molecule has 1 aliphatic carbocycles. The van der Waals surface area contributed by atoms with Gasteiger partial charge in [-0.2, -0.15) is 0 Å². The standard InChI is InChI=1S/C18H21N3O2/c1-12(14-7-4-3-5-8-14)19-17(22)11-21-13(2)20-16-10-6-9-15(16)18(21)23/h3-5,7-8,12H,6,9-11H2,1-2H3,(H,19,22)/t12-/m1/s1. The molecule has 120 valence electrons. The summed E-state index contributed by atoms with van der Waals surface area (Å²) in [6, 6.07) is 9.67. The largest absolute Gasteiger partial charge is 0.348 e. The van der Waals surface area contributed by atoms with Gasteiger partial charge >= 0.3 is 0 Å². The van der Waals surface area contributed by atoms with Crippen LogP contribution in [0.4, 0.5) is 0 Å². The fourth-order valence-electron chi connectivity index (χ4n) is 3.09. The summed E-state index contributed by atoms with van der Waals surface area (Å²) >= 11 is 0. The summed E-state index contributed by atoms with van der Waals surface area (Å²) in [6.07, 6.45) is 2.60. The second-order valence-electron chi connectivity index (χ2n) is 6.03. The number of rotatable bonds is 4. The molecule has 1 atom stereocenters. The van der Waals surface area contributed by atoms with Gasteiger partial charge in [-0.3, -0.25) is 14.2 Å². The molecule has 0 saturated heterocycles. The van der Waals surface area contributed by atoms with E-state index >= 15 is 0 Å². The van der Waals surface area contributed by atoms with E-state index in [-0.39, 0.29) is 24.1 Å². The molecule has 1 amide bonds. The first-order valence-electron chi connectivity index (χ1n) is 7.99. The summed E-state index contributed by atoms with van der Waals surface area (Å²) in [4.78, 5) is 29.3. The van der Waals surface area contributed by atoms with E-state index in [9.17, 15) is 9.59 Å². The average molecular weight is 311 g/mol. The van der Waals surface area contributed by atoms with Crippen LogP contribution < -0.4 is 10.9 Å². The van der Waals surface area contributed by atoms with E-state index in [4.69, 9.17) is 0 Å². The van der Waals surface area contributed by atoms with Crippen LogP contribution in [0.15, 0.2) is 35.1 Å². The molecule has 23 heavy (non-hydrogen) atoms. The number of nitrogens with one attached hydrogen (secondary N) is 1. The van der Waals surface area contributed by atoms with E-state index in [2.05, 4.69) is 10.3 Å². The molecule has 1 N–H and O–H groups in total. The molecule has 5 heteroatoms. The second kappa shape index (κ2) is 6.36. The van der Waals surface area contributed by atoms with Gasteiger partial charge in [0.1, 0.15) is 12.4 Å². The highest BCUT2D eigenvalue weighted by Gasteiger charge is 2.20. The van der Waals surface area contributed by atoms with Crippen LogP contribution in [0.3, 0.4) is 0 Å². The lowest BCUT2D eigenvalue weighted by Gasteiger charge is -2.16. The number of hydrogen-bond acceptors (Lipinski definition) is 3. The van der Waals surface area contributed by atoms with Crippen molar-refractivity contribution in [3.8, 4) is 0 Å². The Bertz CT molecular complexity index is 781. The van der Waals surface area contributed by atoms with Gasteiger partial charge < -0.3 is 5.32 Å². The Kier molecular flexibility index (Phi) is 4.28. The Morgan fingerprint density at radius 1 is 1.30 bits per heavy atom.